The Morgan fingerprint density at radius 3 is 2.36 bits per heavy atom. The Labute approximate surface area is 201 Å². The molecule has 0 spiro atoms. The maximum absolute atomic E-state index is 12.9. The number of carbonyl (C=O) groups excluding carboxylic acids is 1. The minimum Gasteiger partial charge on any atom is -0.493 e. The van der Waals surface area contributed by atoms with E-state index < -0.39 is 10.0 Å². The van der Waals surface area contributed by atoms with Crippen molar-refractivity contribution in [3.05, 3.63) is 54.1 Å². The van der Waals surface area contributed by atoms with Crippen LogP contribution in [0.2, 0.25) is 0 Å². The predicted octanol–water partition coefficient (Wildman–Crippen LogP) is 4.56. The first-order valence-corrected chi connectivity index (χ1v) is 13.2. The van der Waals surface area contributed by atoms with Gasteiger partial charge in [-0.1, -0.05) is 38.3 Å². The average Bonchev–Trinajstić information content (AvgIpc) is 3.10. The first-order chi connectivity index (χ1) is 15.9. The molecule has 2 aromatic rings. The van der Waals surface area contributed by atoms with Crippen LogP contribution in [-0.4, -0.2) is 43.4 Å². The molecule has 1 amide bonds. The van der Waals surface area contributed by atoms with Gasteiger partial charge < -0.3 is 10.1 Å². The molecule has 1 aliphatic heterocycles. The van der Waals surface area contributed by atoms with Gasteiger partial charge in [0.15, 0.2) is 5.11 Å². The zero-order valence-corrected chi connectivity index (χ0v) is 20.5. The van der Waals surface area contributed by atoms with Gasteiger partial charge in [0.2, 0.25) is 10.0 Å². The minimum absolute atomic E-state index is 0.117. The van der Waals surface area contributed by atoms with Crippen molar-refractivity contribution >= 4 is 38.9 Å². The fourth-order valence-electron chi connectivity index (χ4n) is 3.58. The normalized spacial score (nSPS) is 14.8. The van der Waals surface area contributed by atoms with Crippen LogP contribution in [0.1, 0.15) is 55.8 Å². The Kier molecular flexibility index (Phi) is 9.22. The molecule has 0 unspecified atom stereocenters. The molecule has 3 rings (SSSR count). The van der Waals surface area contributed by atoms with Gasteiger partial charge in [-0.25, -0.2) is 8.42 Å². The van der Waals surface area contributed by atoms with E-state index in [2.05, 4.69) is 17.6 Å². The first-order valence-electron chi connectivity index (χ1n) is 11.4. The maximum Gasteiger partial charge on any atom is 0.261 e. The molecule has 0 aliphatic carbocycles. The summed E-state index contributed by atoms with van der Waals surface area (Å²) in [6.07, 6.45) is 5.81. The third-order valence-electron chi connectivity index (χ3n) is 5.43. The van der Waals surface area contributed by atoms with E-state index in [1.807, 2.05) is 6.07 Å². The lowest BCUT2D eigenvalue weighted by atomic mass is 10.2. The number of benzene rings is 2. The van der Waals surface area contributed by atoms with E-state index in [-0.39, 0.29) is 15.9 Å². The number of thiocarbonyl (C=S) groups is 1. The molecule has 1 aliphatic rings. The molecule has 33 heavy (non-hydrogen) atoms. The minimum atomic E-state index is -3.51. The second kappa shape index (κ2) is 12.1. The Bertz CT molecular complexity index is 1050. The summed E-state index contributed by atoms with van der Waals surface area (Å²) < 4.78 is 33.1. The summed E-state index contributed by atoms with van der Waals surface area (Å²) in [5, 5.41) is 5.70. The van der Waals surface area contributed by atoms with Crippen LogP contribution >= 0.6 is 12.2 Å². The van der Waals surface area contributed by atoms with Crippen LogP contribution in [0.5, 0.6) is 5.75 Å². The van der Waals surface area contributed by atoms with Crippen molar-refractivity contribution in [2.75, 3.05) is 25.0 Å². The Morgan fingerprint density at radius 1 is 1.03 bits per heavy atom. The van der Waals surface area contributed by atoms with Crippen LogP contribution in [-0.2, 0) is 10.0 Å². The van der Waals surface area contributed by atoms with E-state index in [0.717, 1.165) is 38.5 Å². The fraction of sp³-hybridized carbons (Fsp3) is 0.417. The monoisotopic (exact) mass is 489 g/mol. The van der Waals surface area contributed by atoms with Crippen LogP contribution in [0.15, 0.2) is 53.4 Å². The second-order valence-electron chi connectivity index (χ2n) is 7.95. The number of nitrogens with one attached hydrogen (secondary N) is 2. The van der Waals surface area contributed by atoms with Gasteiger partial charge in [0, 0.05) is 18.8 Å². The van der Waals surface area contributed by atoms with Gasteiger partial charge in [-0.3, -0.25) is 10.1 Å². The van der Waals surface area contributed by atoms with Gasteiger partial charge in [0.05, 0.1) is 17.1 Å². The van der Waals surface area contributed by atoms with Crippen LogP contribution in [0, 0.1) is 0 Å². The highest BCUT2D eigenvalue weighted by atomic mass is 32.2. The Balaban J connectivity index is 1.60. The van der Waals surface area contributed by atoms with Gasteiger partial charge in [0.25, 0.3) is 5.91 Å². The SMILES string of the molecule is CCCCOc1ccccc1C(=O)NC(=S)Nc1ccc(S(=O)(=O)N2CCCCCC2)cc1. The van der Waals surface area contributed by atoms with E-state index in [9.17, 15) is 13.2 Å². The van der Waals surface area contributed by atoms with Gasteiger partial charge >= 0.3 is 0 Å². The van der Waals surface area contributed by atoms with Crippen molar-refractivity contribution < 1.29 is 17.9 Å². The average molecular weight is 490 g/mol. The van der Waals surface area contributed by atoms with E-state index in [1.165, 1.54) is 0 Å². The molecule has 9 heteroatoms. The molecule has 2 N–H and O–H groups in total. The first kappa shape index (κ1) is 25.1. The molecule has 1 saturated heterocycles. The summed E-state index contributed by atoms with van der Waals surface area (Å²) in [5.41, 5.74) is 0.985. The molecule has 7 nitrogen and oxygen atoms in total. The highest BCUT2D eigenvalue weighted by Gasteiger charge is 2.25. The summed E-state index contributed by atoms with van der Waals surface area (Å²) in [5.74, 6) is 0.134. The lowest BCUT2D eigenvalue weighted by Crippen LogP contribution is -2.34. The van der Waals surface area contributed by atoms with E-state index >= 15 is 0 Å². The number of carbonyl (C=O) groups is 1. The number of amides is 1. The lowest BCUT2D eigenvalue weighted by Gasteiger charge is -2.20. The molecule has 1 heterocycles. The number of rotatable bonds is 8. The number of anilines is 1. The maximum atomic E-state index is 12.9. The number of hydrogen-bond acceptors (Lipinski definition) is 5. The van der Waals surface area contributed by atoms with Crippen molar-refractivity contribution in [1.82, 2.24) is 9.62 Å². The number of hydrogen-bond donors (Lipinski definition) is 2. The zero-order valence-electron chi connectivity index (χ0n) is 18.9. The summed E-state index contributed by atoms with van der Waals surface area (Å²) in [6.45, 7) is 3.73. The van der Waals surface area contributed by atoms with Crippen molar-refractivity contribution in [2.24, 2.45) is 0 Å². The molecule has 1 fully saturated rings. The smallest absolute Gasteiger partial charge is 0.261 e. The highest BCUT2D eigenvalue weighted by Crippen LogP contribution is 2.22. The molecule has 0 atom stereocenters. The van der Waals surface area contributed by atoms with Gasteiger partial charge in [-0.15, -0.1) is 0 Å². The number of nitrogens with zero attached hydrogens (tertiary/aromatic N) is 1. The molecule has 0 radical (unpaired) electrons. The molecular weight excluding hydrogens is 458 g/mol. The van der Waals surface area contributed by atoms with Crippen LogP contribution in [0.25, 0.3) is 0 Å². The molecule has 0 saturated carbocycles. The van der Waals surface area contributed by atoms with Gasteiger partial charge in [-0.05, 0) is 67.9 Å². The van der Waals surface area contributed by atoms with Crippen LogP contribution in [0.3, 0.4) is 0 Å². The fourth-order valence-corrected chi connectivity index (χ4v) is 5.31. The van der Waals surface area contributed by atoms with Crippen molar-refractivity contribution in [1.29, 1.82) is 0 Å². The lowest BCUT2D eigenvalue weighted by molar-refractivity contribution is 0.0973. The van der Waals surface area contributed by atoms with Gasteiger partial charge in [-0.2, -0.15) is 4.31 Å². The molecule has 0 bridgehead atoms. The topological polar surface area (TPSA) is 87.7 Å². The third kappa shape index (κ3) is 6.99. The summed E-state index contributed by atoms with van der Waals surface area (Å²) in [7, 11) is -3.51. The van der Waals surface area contributed by atoms with E-state index in [1.54, 1.807) is 46.8 Å². The number of ether oxygens (including phenoxy) is 1. The predicted molar refractivity (Wildman–Crippen MR) is 134 cm³/mol. The van der Waals surface area contributed by atoms with E-state index in [4.69, 9.17) is 17.0 Å². The molecule has 0 aromatic heterocycles. The third-order valence-corrected chi connectivity index (χ3v) is 7.55. The quantitative estimate of drug-likeness (QED) is 0.418. The largest absolute Gasteiger partial charge is 0.493 e. The van der Waals surface area contributed by atoms with Crippen LogP contribution < -0.4 is 15.4 Å². The number of para-hydroxylation sites is 1. The summed E-state index contributed by atoms with van der Waals surface area (Å²) in [4.78, 5) is 12.9. The number of sulfonamides is 1. The van der Waals surface area contributed by atoms with Crippen LogP contribution in [0.4, 0.5) is 5.69 Å². The van der Waals surface area contributed by atoms with Gasteiger partial charge in [0.1, 0.15) is 5.75 Å². The zero-order chi connectivity index (χ0) is 23.7. The molecule has 178 valence electrons. The Morgan fingerprint density at radius 2 is 1.70 bits per heavy atom. The standard InChI is InChI=1S/C24H31N3O4S2/c1-2-3-18-31-22-11-7-6-10-21(22)23(28)26-24(32)25-19-12-14-20(15-13-19)33(29,30)27-16-8-4-5-9-17-27/h6-7,10-15H,2-5,8-9,16-18H2,1H3,(H2,25,26,28,32). The Hall–Kier alpha value is -2.49. The highest BCUT2D eigenvalue weighted by molar-refractivity contribution is 7.89. The molecule has 2 aromatic carbocycles. The van der Waals surface area contributed by atoms with E-state index in [0.29, 0.717) is 36.7 Å². The second-order valence-corrected chi connectivity index (χ2v) is 10.3. The van der Waals surface area contributed by atoms with Crippen molar-refractivity contribution in [2.45, 2.75) is 50.3 Å². The summed E-state index contributed by atoms with van der Waals surface area (Å²) in [6, 6.07) is 13.4. The summed E-state index contributed by atoms with van der Waals surface area (Å²) >= 11 is 5.28. The van der Waals surface area contributed by atoms with Crippen molar-refractivity contribution in [3.63, 3.8) is 0 Å². The number of unbranched alkanes of at least 4 members (excludes halogenated alkanes) is 1. The molecular formula is C24H31N3O4S2. The van der Waals surface area contributed by atoms with Crippen molar-refractivity contribution in [3.8, 4) is 5.75 Å².